The summed E-state index contributed by atoms with van der Waals surface area (Å²) >= 11 is 1.75. The molecule has 0 aromatic carbocycles. The standard InChI is InChI=1S/C10H16N4OS/c1-4-10(3)6-16-9(13-10)11-5-8-12-7(2)14-15-8/h4-6H2,1-3H3,(H,11,13). The average Bonchev–Trinajstić information content (AvgIpc) is 2.83. The maximum Gasteiger partial charge on any atom is 0.248 e. The zero-order valence-corrected chi connectivity index (χ0v) is 10.6. The van der Waals surface area contributed by atoms with E-state index in [2.05, 4.69) is 34.3 Å². The van der Waals surface area contributed by atoms with Gasteiger partial charge in [0.05, 0.1) is 0 Å². The van der Waals surface area contributed by atoms with Crippen LogP contribution in [0.25, 0.3) is 0 Å². The molecular formula is C10H16N4OS. The van der Waals surface area contributed by atoms with Gasteiger partial charge >= 0.3 is 0 Å². The molecular weight excluding hydrogens is 224 g/mol. The lowest BCUT2D eigenvalue weighted by atomic mass is 10.0. The molecule has 0 radical (unpaired) electrons. The lowest BCUT2D eigenvalue weighted by Crippen LogP contribution is -2.39. The molecule has 5 nitrogen and oxygen atoms in total. The summed E-state index contributed by atoms with van der Waals surface area (Å²) in [6, 6.07) is 0. The number of aliphatic imine (C=N–C) groups is 1. The zero-order chi connectivity index (χ0) is 11.6. The lowest BCUT2D eigenvalue weighted by Gasteiger charge is -2.20. The molecule has 0 spiro atoms. The number of thioether (sulfide) groups is 1. The van der Waals surface area contributed by atoms with Gasteiger partial charge in [0.1, 0.15) is 6.54 Å². The zero-order valence-electron chi connectivity index (χ0n) is 9.78. The summed E-state index contributed by atoms with van der Waals surface area (Å²) in [6.07, 6.45) is 1.10. The van der Waals surface area contributed by atoms with Crippen LogP contribution in [0.2, 0.25) is 0 Å². The van der Waals surface area contributed by atoms with E-state index in [0.717, 1.165) is 17.3 Å². The van der Waals surface area contributed by atoms with E-state index in [1.165, 1.54) is 0 Å². The minimum Gasteiger partial charge on any atom is -0.359 e. The molecule has 0 aliphatic carbocycles. The lowest BCUT2D eigenvalue weighted by molar-refractivity contribution is 0.376. The topological polar surface area (TPSA) is 63.3 Å². The van der Waals surface area contributed by atoms with Crippen molar-refractivity contribution in [2.45, 2.75) is 39.3 Å². The van der Waals surface area contributed by atoms with Gasteiger partial charge in [-0.15, -0.1) is 0 Å². The number of nitrogens with zero attached hydrogens (tertiary/aromatic N) is 3. The fourth-order valence-corrected chi connectivity index (χ4v) is 2.58. The van der Waals surface area contributed by atoms with Crippen molar-refractivity contribution in [2.75, 3.05) is 5.75 Å². The Morgan fingerprint density at radius 3 is 3.00 bits per heavy atom. The third kappa shape index (κ3) is 2.55. The van der Waals surface area contributed by atoms with Gasteiger partial charge in [0, 0.05) is 11.3 Å². The molecule has 1 N–H and O–H groups in total. The molecule has 2 rings (SSSR count). The third-order valence-corrected chi connectivity index (χ3v) is 3.93. The molecule has 1 fully saturated rings. The number of nitrogens with one attached hydrogen (secondary N) is 1. The summed E-state index contributed by atoms with van der Waals surface area (Å²) in [5.41, 5.74) is 0.175. The van der Waals surface area contributed by atoms with Crippen LogP contribution in [0.5, 0.6) is 0 Å². The largest absolute Gasteiger partial charge is 0.359 e. The second kappa shape index (κ2) is 4.45. The van der Waals surface area contributed by atoms with Crippen LogP contribution in [0.15, 0.2) is 9.52 Å². The highest BCUT2D eigenvalue weighted by Crippen LogP contribution is 2.25. The fraction of sp³-hybridized carbons (Fsp3) is 0.700. The van der Waals surface area contributed by atoms with Gasteiger partial charge in [0.15, 0.2) is 11.0 Å². The van der Waals surface area contributed by atoms with Crippen molar-refractivity contribution in [3.8, 4) is 0 Å². The second-order valence-electron chi connectivity index (χ2n) is 4.18. The van der Waals surface area contributed by atoms with Crippen molar-refractivity contribution in [1.82, 2.24) is 15.5 Å². The Morgan fingerprint density at radius 2 is 2.44 bits per heavy atom. The van der Waals surface area contributed by atoms with Crippen LogP contribution in [0.3, 0.4) is 0 Å². The Kier molecular flexibility index (Phi) is 3.18. The Morgan fingerprint density at radius 1 is 1.62 bits per heavy atom. The first-order chi connectivity index (χ1) is 7.61. The van der Waals surface area contributed by atoms with Gasteiger partial charge < -0.3 is 9.84 Å². The van der Waals surface area contributed by atoms with Crippen molar-refractivity contribution < 1.29 is 4.52 Å². The Bertz CT molecular complexity index is 403. The van der Waals surface area contributed by atoms with Crippen molar-refractivity contribution >= 4 is 16.9 Å². The third-order valence-electron chi connectivity index (χ3n) is 2.64. The monoisotopic (exact) mass is 240 g/mol. The number of aromatic nitrogens is 2. The Labute approximate surface area is 99.1 Å². The summed E-state index contributed by atoms with van der Waals surface area (Å²) in [4.78, 5) is 8.53. The van der Waals surface area contributed by atoms with E-state index in [1.54, 1.807) is 18.7 Å². The molecule has 88 valence electrons. The summed E-state index contributed by atoms with van der Waals surface area (Å²) in [6.45, 7) is 6.64. The van der Waals surface area contributed by atoms with Crippen molar-refractivity contribution in [1.29, 1.82) is 0 Å². The Balaban J connectivity index is 1.95. The first-order valence-electron chi connectivity index (χ1n) is 5.36. The number of amidine groups is 1. The summed E-state index contributed by atoms with van der Waals surface area (Å²) in [7, 11) is 0. The summed E-state index contributed by atoms with van der Waals surface area (Å²) < 4.78 is 5.00. The fourth-order valence-electron chi connectivity index (χ4n) is 1.38. The summed E-state index contributed by atoms with van der Waals surface area (Å²) in [5.74, 6) is 2.28. The quantitative estimate of drug-likeness (QED) is 0.872. The molecule has 6 heteroatoms. The highest BCUT2D eigenvalue weighted by atomic mass is 32.2. The van der Waals surface area contributed by atoms with E-state index >= 15 is 0 Å². The molecule has 1 unspecified atom stereocenters. The molecule has 2 heterocycles. The highest BCUT2D eigenvalue weighted by Gasteiger charge is 2.30. The maximum atomic E-state index is 5.00. The van der Waals surface area contributed by atoms with Gasteiger partial charge in [-0.3, -0.25) is 4.99 Å². The van der Waals surface area contributed by atoms with Crippen LogP contribution >= 0.6 is 11.8 Å². The van der Waals surface area contributed by atoms with Crippen molar-refractivity contribution in [3.05, 3.63) is 11.7 Å². The minimum atomic E-state index is 0.175. The first-order valence-corrected chi connectivity index (χ1v) is 6.34. The average molecular weight is 240 g/mol. The molecule has 0 amide bonds. The van der Waals surface area contributed by atoms with Crippen LogP contribution < -0.4 is 5.32 Å². The maximum absolute atomic E-state index is 5.00. The van der Waals surface area contributed by atoms with Gasteiger partial charge in [-0.25, -0.2) is 0 Å². The van der Waals surface area contributed by atoms with Crippen LogP contribution in [-0.4, -0.2) is 26.6 Å². The summed E-state index contributed by atoms with van der Waals surface area (Å²) in [5, 5.41) is 8.11. The van der Waals surface area contributed by atoms with Crippen molar-refractivity contribution in [3.63, 3.8) is 0 Å². The molecule has 0 saturated carbocycles. The van der Waals surface area contributed by atoms with Gasteiger partial charge in [0.25, 0.3) is 0 Å². The van der Waals surface area contributed by atoms with E-state index < -0.39 is 0 Å². The molecule has 1 aliphatic rings. The van der Waals surface area contributed by atoms with E-state index in [1.807, 2.05) is 0 Å². The van der Waals surface area contributed by atoms with Crippen LogP contribution in [-0.2, 0) is 6.54 Å². The molecule has 1 aromatic heterocycles. The van der Waals surface area contributed by atoms with E-state index in [-0.39, 0.29) is 5.54 Å². The number of rotatable bonds is 3. The molecule has 1 aliphatic heterocycles. The first kappa shape index (κ1) is 11.4. The van der Waals surface area contributed by atoms with Gasteiger partial charge in [-0.05, 0) is 20.3 Å². The van der Waals surface area contributed by atoms with E-state index in [9.17, 15) is 0 Å². The van der Waals surface area contributed by atoms with E-state index in [0.29, 0.717) is 18.3 Å². The second-order valence-corrected chi connectivity index (χ2v) is 5.15. The van der Waals surface area contributed by atoms with Crippen molar-refractivity contribution in [2.24, 2.45) is 4.99 Å². The highest BCUT2D eigenvalue weighted by molar-refractivity contribution is 8.14. The molecule has 1 atom stereocenters. The minimum absolute atomic E-state index is 0.175. The number of hydrogen-bond donors (Lipinski definition) is 1. The van der Waals surface area contributed by atoms with Crippen LogP contribution in [0.1, 0.15) is 32.0 Å². The van der Waals surface area contributed by atoms with Gasteiger partial charge in [0.2, 0.25) is 5.89 Å². The number of aryl methyl sites for hydroxylation is 1. The van der Waals surface area contributed by atoms with Gasteiger partial charge in [-0.1, -0.05) is 23.8 Å². The number of hydrogen-bond acceptors (Lipinski definition) is 5. The molecule has 16 heavy (non-hydrogen) atoms. The predicted octanol–water partition coefficient (Wildman–Crippen LogP) is 1.74. The molecule has 1 saturated heterocycles. The van der Waals surface area contributed by atoms with E-state index in [4.69, 9.17) is 4.52 Å². The Hall–Kier alpha value is -1.04. The molecule has 1 aromatic rings. The SMILES string of the molecule is CCC1(C)CSC(=NCc2nc(C)no2)N1. The predicted molar refractivity (Wildman–Crippen MR) is 64.5 cm³/mol. The molecule has 0 bridgehead atoms. The van der Waals surface area contributed by atoms with Crippen LogP contribution in [0, 0.1) is 6.92 Å². The van der Waals surface area contributed by atoms with Crippen LogP contribution in [0.4, 0.5) is 0 Å². The smallest absolute Gasteiger partial charge is 0.248 e. The van der Waals surface area contributed by atoms with Gasteiger partial charge in [-0.2, -0.15) is 4.98 Å². The normalized spacial score (nSPS) is 27.3.